The highest BCUT2D eigenvalue weighted by Gasteiger charge is 2.19. The lowest BCUT2D eigenvalue weighted by atomic mass is 10.2. The largest absolute Gasteiger partial charge is 0.486 e. The van der Waals surface area contributed by atoms with Crippen molar-refractivity contribution >= 4 is 27.5 Å². The fourth-order valence-electron chi connectivity index (χ4n) is 2.21. The first-order valence-corrected chi connectivity index (χ1v) is 7.92. The molecular weight excluding hydrogens is 354 g/mol. The van der Waals surface area contributed by atoms with Crippen molar-refractivity contribution < 1.29 is 9.47 Å². The molecule has 0 spiro atoms. The van der Waals surface area contributed by atoms with Gasteiger partial charge in [0.05, 0.1) is 0 Å². The Labute approximate surface area is 137 Å². The Bertz CT molecular complexity index is 635. The molecule has 1 heterocycles. The summed E-state index contributed by atoms with van der Waals surface area (Å²) in [4.78, 5) is 0. The van der Waals surface area contributed by atoms with Gasteiger partial charge < -0.3 is 14.8 Å². The smallest absolute Gasteiger partial charge is 0.161 e. The van der Waals surface area contributed by atoms with E-state index in [4.69, 9.17) is 21.1 Å². The van der Waals surface area contributed by atoms with Crippen molar-refractivity contribution in [3.05, 3.63) is 57.5 Å². The van der Waals surface area contributed by atoms with Gasteiger partial charge in [0.15, 0.2) is 11.5 Å². The number of nitrogens with one attached hydrogen (secondary N) is 1. The SMILES string of the molecule is Clc1ccc(Br)c(CNCC2COc3ccccc3O2)c1. The van der Waals surface area contributed by atoms with Gasteiger partial charge in [-0.05, 0) is 35.9 Å². The van der Waals surface area contributed by atoms with E-state index in [0.717, 1.165) is 33.1 Å². The van der Waals surface area contributed by atoms with E-state index in [0.29, 0.717) is 13.2 Å². The van der Waals surface area contributed by atoms with Crippen molar-refractivity contribution in [3.63, 3.8) is 0 Å². The highest BCUT2D eigenvalue weighted by atomic mass is 79.9. The third-order valence-corrected chi connectivity index (χ3v) is 4.27. The molecule has 0 aliphatic carbocycles. The summed E-state index contributed by atoms with van der Waals surface area (Å²) in [5.41, 5.74) is 1.12. The van der Waals surface area contributed by atoms with Crippen LogP contribution in [0.3, 0.4) is 0 Å². The van der Waals surface area contributed by atoms with Crippen LogP contribution < -0.4 is 14.8 Å². The number of hydrogen-bond acceptors (Lipinski definition) is 3. The van der Waals surface area contributed by atoms with Crippen LogP contribution in [-0.2, 0) is 6.54 Å². The fourth-order valence-corrected chi connectivity index (χ4v) is 2.79. The summed E-state index contributed by atoms with van der Waals surface area (Å²) >= 11 is 9.53. The van der Waals surface area contributed by atoms with Gasteiger partial charge in [-0.25, -0.2) is 0 Å². The Morgan fingerprint density at radius 2 is 2.00 bits per heavy atom. The molecule has 5 heteroatoms. The molecule has 21 heavy (non-hydrogen) atoms. The number of halogens is 2. The minimum Gasteiger partial charge on any atom is -0.486 e. The fraction of sp³-hybridized carbons (Fsp3) is 0.250. The Morgan fingerprint density at radius 1 is 1.19 bits per heavy atom. The quantitative estimate of drug-likeness (QED) is 0.884. The van der Waals surface area contributed by atoms with Crippen LogP contribution >= 0.6 is 27.5 Å². The van der Waals surface area contributed by atoms with E-state index in [1.165, 1.54) is 0 Å². The number of ether oxygens (including phenoxy) is 2. The van der Waals surface area contributed by atoms with Crippen molar-refractivity contribution in [2.45, 2.75) is 12.6 Å². The van der Waals surface area contributed by atoms with Gasteiger partial charge in [-0.3, -0.25) is 0 Å². The standard InChI is InChI=1S/C16H15BrClNO2/c17-14-6-5-12(18)7-11(14)8-19-9-13-10-20-15-3-1-2-4-16(15)21-13/h1-7,13,19H,8-10H2. The summed E-state index contributed by atoms with van der Waals surface area (Å²) in [6.45, 7) is 2.00. The molecule has 1 unspecified atom stereocenters. The first kappa shape index (κ1) is 14.7. The first-order chi connectivity index (χ1) is 10.2. The summed E-state index contributed by atoms with van der Waals surface area (Å²) < 4.78 is 12.6. The van der Waals surface area contributed by atoms with E-state index in [2.05, 4.69) is 21.2 Å². The van der Waals surface area contributed by atoms with Crippen LogP contribution in [0.5, 0.6) is 11.5 Å². The maximum atomic E-state index is 6.01. The van der Waals surface area contributed by atoms with Gasteiger partial charge in [0.25, 0.3) is 0 Å². The number of benzene rings is 2. The number of fused-ring (bicyclic) bond motifs is 1. The summed E-state index contributed by atoms with van der Waals surface area (Å²) in [5.74, 6) is 1.62. The second kappa shape index (κ2) is 6.69. The third-order valence-electron chi connectivity index (χ3n) is 3.26. The molecule has 1 aliphatic rings. The average Bonchev–Trinajstić information content (AvgIpc) is 2.50. The molecule has 2 aromatic carbocycles. The zero-order valence-electron chi connectivity index (χ0n) is 11.3. The number of hydrogen-bond donors (Lipinski definition) is 1. The van der Waals surface area contributed by atoms with Crippen LogP contribution in [0, 0.1) is 0 Å². The van der Waals surface area contributed by atoms with E-state index in [-0.39, 0.29) is 6.10 Å². The zero-order chi connectivity index (χ0) is 14.7. The van der Waals surface area contributed by atoms with E-state index in [9.17, 15) is 0 Å². The molecule has 0 saturated carbocycles. The van der Waals surface area contributed by atoms with Crippen LogP contribution in [-0.4, -0.2) is 19.3 Å². The van der Waals surface area contributed by atoms with Crippen molar-refractivity contribution in [2.75, 3.05) is 13.2 Å². The molecule has 1 N–H and O–H groups in total. The van der Waals surface area contributed by atoms with Gasteiger partial charge in [0.1, 0.15) is 12.7 Å². The highest BCUT2D eigenvalue weighted by molar-refractivity contribution is 9.10. The Balaban J connectivity index is 1.54. The van der Waals surface area contributed by atoms with Gasteiger partial charge in [-0.1, -0.05) is 39.7 Å². The van der Waals surface area contributed by atoms with Crippen molar-refractivity contribution in [3.8, 4) is 11.5 Å². The number of para-hydroxylation sites is 2. The van der Waals surface area contributed by atoms with Crippen molar-refractivity contribution in [1.82, 2.24) is 5.32 Å². The summed E-state index contributed by atoms with van der Waals surface area (Å²) in [5, 5.41) is 4.11. The lowest BCUT2D eigenvalue weighted by Gasteiger charge is -2.26. The van der Waals surface area contributed by atoms with E-state index in [1.807, 2.05) is 42.5 Å². The number of rotatable bonds is 4. The van der Waals surface area contributed by atoms with Crippen LogP contribution in [0.15, 0.2) is 46.9 Å². The molecule has 0 bridgehead atoms. The van der Waals surface area contributed by atoms with Gasteiger partial charge in [-0.15, -0.1) is 0 Å². The second-order valence-corrected chi connectivity index (χ2v) is 6.16. The van der Waals surface area contributed by atoms with E-state index in [1.54, 1.807) is 0 Å². The minimum absolute atomic E-state index is 0.0119. The average molecular weight is 369 g/mol. The predicted octanol–water partition coefficient (Wildman–Crippen LogP) is 4.03. The van der Waals surface area contributed by atoms with Gasteiger partial charge in [-0.2, -0.15) is 0 Å². The normalized spacial score (nSPS) is 16.8. The summed E-state index contributed by atoms with van der Waals surface area (Å²) in [7, 11) is 0. The Hall–Kier alpha value is -1.23. The highest BCUT2D eigenvalue weighted by Crippen LogP contribution is 2.30. The molecule has 0 aromatic heterocycles. The topological polar surface area (TPSA) is 30.5 Å². The molecule has 3 rings (SSSR count). The summed E-state index contributed by atoms with van der Waals surface area (Å²) in [6.07, 6.45) is 0.0119. The van der Waals surface area contributed by atoms with E-state index < -0.39 is 0 Å². The van der Waals surface area contributed by atoms with Crippen LogP contribution in [0.25, 0.3) is 0 Å². The lowest BCUT2D eigenvalue weighted by molar-refractivity contribution is 0.0902. The molecule has 1 aliphatic heterocycles. The summed E-state index contributed by atoms with van der Waals surface area (Å²) in [6, 6.07) is 13.5. The van der Waals surface area contributed by atoms with Gasteiger partial charge >= 0.3 is 0 Å². The van der Waals surface area contributed by atoms with Gasteiger partial charge in [0, 0.05) is 22.6 Å². The second-order valence-electron chi connectivity index (χ2n) is 4.86. The monoisotopic (exact) mass is 367 g/mol. The van der Waals surface area contributed by atoms with Crippen molar-refractivity contribution in [2.24, 2.45) is 0 Å². The molecular formula is C16H15BrClNO2. The van der Waals surface area contributed by atoms with Crippen LogP contribution in [0.4, 0.5) is 0 Å². The van der Waals surface area contributed by atoms with Gasteiger partial charge in [0.2, 0.25) is 0 Å². The van der Waals surface area contributed by atoms with E-state index >= 15 is 0 Å². The Morgan fingerprint density at radius 3 is 2.86 bits per heavy atom. The molecule has 2 aromatic rings. The molecule has 3 nitrogen and oxygen atoms in total. The minimum atomic E-state index is 0.0119. The maximum Gasteiger partial charge on any atom is 0.161 e. The maximum absolute atomic E-state index is 6.01. The molecule has 0 radical (unpaired) electrons. The third kappa shape index (κ3) is 3.70. The van der Waals surface area contributed by atoms with Crippen molar-refractivity contribution in [1.29, 1.82) is 0 Å². The molecule has 0 fully saturated rings. The molecule has 110 valence electrons. The lowest BCUT2D eigenvalue weighted by Crippen LogP contribution is -2.38. The molecule has 0 amide bonds. The molecule has 1 atom stereocenters. The predicted molar refractivity (Wildman–Crippen MR) is 87.2 cm³/mol. The molecule has 0 saturated heterocycles. The van der Waals surface area contributed by atoms with Crippen LogP contribution in [0.2, 0.25) is 5.02 Å². The Kier molecular flexibility index (Phi) is 4.68. The zero-order valence-corrected chi connectivity index (χ0v) is 13.7. The first-order valence-electron chi connectivity index (χ1n) is 6.75. The van der Waals surface area contributed by atoms with Crippen LogP contribution in [0.1, 0.15) is 5.56 Å².